The number of hydrogen-bond acceptors (Lipinski definition) is 8. The molecule has 0 aliphatic carbocycles. The van der Waals surface area contributed by atoms with Crippen LogP contribution in [0.5, 0.6) is 23.1 Å². The number of carbonyl (C=O) groups is 1. The molecule has 0 bridgehead atoms. The van der Waals surface area contributed by atoms with E-state index in [0.29, 0.717) is 64.4 Å². The van der Waals surface area contributed by atoms with Gasteiger partial charge in [0.15, 0.2) is 11.5 Å². The number of anilines is 1. The minimum Gasteiger partial charge on any atom is -0.493 e. The molecule has 2 N–H and O–H groups in total. The van der Waals surface area contributed by atoms with E-state index >= 15 is 0 Å². The second-order valence-corrected chi connectivity index (χ2v) is 8.45. The number of methoxy groups -OCH3 is 1. The van der Waals surface area contributed by atoms with Crippen LogP contribution in [0.3, 0.4) is 0 Å². The second kappa shape index (κ2) is 12.7. The third-order valence-corrected chi connectivity index (χ3v) is 5.68. The molecular formula is C25H28ClN7O4. The number of nitrogens with one attached hydrogen (secondary N) is 2. The van der Waals surface area contributed by atoms with E-state index in [-0.39, 0.29) is 6.03 Å². The Morgan fingerprint density at radius 3 is 2.78 bits per heavy atom. The van der Waals surface area contributed by atoms with Crippen molar-refractivity contribution < 1.29 is 19.0 Å². The van der Waals surface area contributed by atoms with E-state index in [1.54, 1.807) is 54.5 Å². The molecule has 2 aromatic carbocycles. The third-order valence-electron chi connectivity index (χ3n) is 5.36. The molecule has 4 aromatic rings. The number of fused-ring (bicyclic) bond motifs is 1. The van der Waals surface area contributed by atoms with Crippen molar-refractivity contribution in [3.05, 3.63) is 54.1 Å². The number of ether oxygens (including phenoxy) is 3. The normalized spacial score (nSPS) is 10.8. The molecule has 194 valence electrons. The first-order valence-electron chi connectivity index (χ1n) is 11.9. The number of carbonyl (C=O) groups excluding carboxylic acids is 1. The fourth-order valence-electron chi connectivity index (χ4n) is 3.47. The van der Waals surface area contributed by atoms with Gasteiger partial charge >= 0.3 is 6.03 Å². The molecule has 2 amide bonds. The van der Waals surface area contributed by atoms with Crippen LogP contribution in [0.2, 0.25) is 5.02 Å². The van der Waals surface area contributed by atoms with Gasteiger partial charge < -0.3 is 24.8 Å². The van der Waals surface area contributed by atoms with Crippen LogP contribution in [0.25, 0.3) is 10.9 Å². The number of nitrogens with zero attached hydrogens (tertiary/aromatic N) is 5. The molecule has 0 spiro atoms. The average Bonchev–Trinajstić information content (AvgIpc) is 3.42. The smallest absolute Gasteiger partial charge is 0.319 e. The van der Waals surface area contributed by atoms with Crippen molar-refractivity contribution in [3.8, 4) is 23.1 Å². The standard InChI is InChI=1S/C25H28ClN7O4/c1-3-4-8-27-25(34)31-20-7-6-17(13-19(20)26)37-24-18-14-22(35-2)23(15-21(18)28-16-29-24)36-12-5-10-33-11-9-30-32-33/h6-7,9,11,13-16H,3-5,8,10,12H2,1-2H3,(H2,27,31,34). The predicted molar refractivity (Wildman–Crippen MR) is 140 cm³/mol. The van der Waals surface area contributed by atoms with E-state index in [4.69, 9.17) is 25.8 Å². The summed E-state index contributed by atoms with van der Waals surface area (Å²) in [6.45, 7) is 3.81. The quantitative estimate of drug-likeness (QED) is 0.246. The highest BCUT2D eigenvalue weighted by atomic mass is 35.5. The van der Waals surface area contributed by atoms with Crippen molar-refractivity contribution in [1.82, 2.24) is 30.3 Å². The van der Waals surface area contributed by atoms with Crippen LogP contribution in [-0.2, 0) is 6.54 Å². The van der Waals surface area contributed by atoms with Crippen LogP contribution < -0.4 is 24.8 Å². The Labute approximate surface area is 219 Å². The summed E-state index contributed by atoms with van der Waals surface area (Å²) in [5.41, 5.74) is 1.10. The maximum Gasteiger partial charge on any atom is 0.319 e. The molecule has 0 unspecified atom stereocenters. The van der Waals surface area contributed by atoms with E-state index in [2.05, 4.69) is 37.8 Å². The number of amides is 2. The lowest BCUT2D eigenvalue weighted by molar-refractivity contribution is 0.252. The molecule has 0 fully saturated rings. The molecule has 0 aliphatic heterocycles. The minimum atomic E-state index is -0.311. The lowest BCUT2D eigenvalue weighted by Crippen LogP contribution is -2.29. The van der Waals surface area contributed by atoms with E-state index in [1.807, 2.05) is 0 Å². The number of rotatable bonds is 12. The largest absolute Gasteiger partial charge is 0.493 e. The number of hydrogen-bond donors (Lipinski definition) is 2. The molecule has 11 nitrogen and oxygen atoms in total. The molecule has 0 aliphatic rings. The highest BCUT2D eigenvalue weighted by molar-refractivity contribution is 6.33. The Bertz CT molecular complexity index is 1330. The predicted octanol–water partition coefficient (Wildman–Crippen LogP) is 5.07. The van der Waals surface area contributed by atoms with Gasteiger partial charge in [-0.2, -0.15) is 0 Å². The fourth-order valence-corrected chi connectivity index (χ4v) is 3.69. The molecule has 2 aromatic heterocycles. The van der Waals surface area contributed by atoms with Crippen molar-refractivity contribution in [2.45, 2.75) is 32.7 Å². The number of benzene rings is 2. The van der Waals surface area contributed by atoms with Crippen molar-refractivity contribution in [2.24, 2.45) is 0 Å². The number of aryl methyl sites for hydroxylation is 1. The average molecular weight is 526 g/mol. The first-order valence-corrected chi connectivity index (χ1v) is 12.3. The summed E-state index contributed by atoms with van der Waals surface area (Å²) in [6, 6.07) is 8.23. The van der Waals surface area contributed by atoms with E-state index < -0.39 is 0 Å². The highest BCUT2D eigenvalue weighted by Crippen LogP contribution is 2.37. The van der Waals surface area contributed by atoms with Gasteiger partial charge in [-0.3, -0.25) is 4.68 Å². The number of aromatic nitrogens is 5. The number of urea groups is 1. The third kappa shape index (κ3) is 6.98. The maximum absolute atomic E-state index is 12.0. The molecule has 0 saturated carbocycles. The highest BCUT2D eigenvalue weighted by Gasteiger charge is 2.14. The summed E-state index contributed by atoms with van der Waals surface area (Å²) in [5.74, 6) is 1.87. The summed E-state index contributed by atoms with van der Waals surface area (Å²) < 4.78 is 19.2. The minimum absolute atomic E-state index is 0.311. The Kier molecular flexibility index (Phi) is 8.93. The van der Waals surface area contributed by atoms with Crippen molar-refractivity contribution in [1.29, 1.82) is 0 Å². The molecule has 0 radical (unpaired) electrons. The van der Waals surface area contributed by atoms with E-state index in [9.17, 15) is 4.79 Å². The lowest BCUT2D eigenvalue weighted by Gasteiger charge is -2.14. The Morgan fingerprint density at radius 1 is 1.14 bits per heavy atom. The number of unbranched alkanes of at least 4 members (excludes halogenated alkanes) is 1. The van der Waals surface area contributed by atoms with Gasteiger partial charge in [0.05, 0.1) is 41.5 Å². The second-order valence-electron chi connectivity index (χ2n) is 8.05. The van der Waals surface area contributed by atoms with Crippen LogP contribution in [0.15, 0.2) is 49.1 Å². The molecule has 2 heterocycles. The summed E-state index contributed by atoms with van der Waals surface area (Å²) in [4.78, 5) is 20.7. The van der Waals surface area contributed by atoms with E-state index in [0.717, 1.165) is 19.3 Å². The van der Waals surface area contributed by atoms with Crippen LogP contribution in [0.1, 0.15) is 26.2 Å². The summed E-state index contributed by atoms with van der Waals surface area (Å²) >= 11 is 6.38. The zero-order valence-electron chi connectivity index (χ0n) is 20.6. The van der Waals surface area contributed by atoms with Gasteiger partial charge in [0.2, 0.25) is 5.88 Å². The monoisotopic (exact) mass is 525 g/mol. The Morgan fingerprint density at radius 2 is 2.03 bits per heavy atom. The molecule has 0 saturated heterocycles. The van der Waals surface area contributed by atoms with Crippen LogP contribution >= 0.6 is 11.6 Å². The van der Waals surface area contributed by atoms with Crippen molar-refractivity contribution in [3.63, 3.8) is 0 Å². The summed E-state index contributed by atoms with van der Waals surface area (Å²) in [7, 11) is 1.57. The van der Waals surface area contributed by atoms with Gasteiger partial charge in [0, 0.05) is 37.8 Å². The molecule has 12 heteroatoms. The Hall–Kier alpha value is -4.12. The SMILES string of the molecule is CCCCNC(=O)Nc1ccc(Oc2ncnc3cc(OCCCn4ccnn4)c(OC)cc23)cc1Cl. The molecule has 0 atom stereocenters. The van der Waals surface area contributed by atoms with Gasteiger partial charge in [-0.25, -0.2) is 14.8 Å². The zero-order valence-corrected chi connectivity index (χ0v) is 21.4. The number of halogens is 1. The van der Waals surface area contributed by atoms with Gasteiger partial charge in [-0.1, -0.05) is 30.2 Å². The molecular weight excluding hydrogens is 498 g/mol. The first kappa shape index (κ1) is 26.0. The fraction of sp³-hybridized carbons (Fsp3) is 0.320. The van der Waals surface area contributed by atoms with Gasteiger partial charge in [-0.05, 0) is 24.6 Å². The van der Waals surface area contributed by atoms with Crippen molar-refractivity contribution >= 4 is 34.2 Å². The summed E-state index contributed by atoms with van der Waals surface area (Å²) in [6.07, 6.45) is 7.50. The first-order chi connectivity index (χ1) is 18.1. The van der Waals surface area contributed by atoms with Gasteiger partial charge in [0.1, 0.15) is 12.1 Å². The van der Waals surface area contributed by atoms with Gasteiger partial charge in [0.25, 0.3) is 0 Å². The summed E-state index contributed by atoms with van der Waals surface area (Å²) in [5, 5.41) is 14.2. The van der Waals surface area contributed by atoms with E-state index in [1.165, 1.54) is 6.33 Å². The van der Waals surface area contributed by atoms with Crippen LogP contribution in [0, 0.1) is 0 Å². The van der Waals surface area contributed by atoms with Gasteiger partial charge in [-0.15, -0.1) is 5.10 Å². The molecule has 4 rings (SSSR count). The maximum atomic E-state index is 12.0. The van der Waals surface area contributed by atoms with Crippen LogP contribution in [0.4, 0.5) is 10.5 Å². The molecule has 37 heavy (non-hydrogen) atoms. The lowest BCUT2D eigenvalue weighted by atomic mass is 10.2. The van der Waals surface area contributed by atoms with Crippen molar-refractivity contribution in [2.75, 3.05) is 25.6 Å². The Balaban J connectivity index is 1.45. The van der Waals surface area contributed by atoms with Crippen LogP contribution in [-0.4, -0.2) is 51.3 Å². The zero-order chi connectivity index (χ0) is 26.0. The topological polar surface area (TPSA) is 125 Å².